The molecular formula is C12H9O2. The van der Waals surface area contributed by atoms with Crippen molar-refractivity contribution in [3.63, 3.8) is 0 Å². The number of rotatable bonds is 2. The highest BCUT2D eigenvalue weighted by Gasteiger charge is 2.01. The minimum absolute atomic E-state index is 0.0326. The summed E-state index contributed by atoms with van der Waals surface area (Å²) in [5.74, 6) is -0.823. The maximum absolute atomic E-state index is 10.5. The average Bonchev–Trinajstić information content (AvgIpc) is 2.17. The molecular weight excluding hydrogens is 176 g/mol. The molecule has 0 aliphatic rings. The van der Waals surface area contributed by atoms with Crippen LogP contribution in [-0.2, 0) is 11.2 Å². The summed E-state index contributed by atoms with van der Waals surface area (Å²) in [7, 11) is 0. The Morgan fingerprint density at radius 3 is 2.79 bits per heavy atom. The molecule has 0 fully saturated rings. The maximum atomic E-state index is 10.5. The number of aliphatic carboxylic acids is 1. The van der Waals surface area contributed by atoms with Crippen LogP contribution in [-0.4, -0.2) is 11.1 Å². The molecule has 69 valence electrons. The molecule has 2 aromatic carbocycles. The van der Waals surface area contributed by atoms with Crippen molar-refractivity contribution in [3.05, 3.63) is 48.0 Å². The smallest absolute Gasteiger partial charge is 0.307 e. The molecule has 0 saturated carbocycles. The van der Waals surface area contributed by atoms with Gasteiger partial charge in [0.1, 0.15) is 0 Å². The summed E-state index contributed by atoms with van der Waals surface area (Å²) in [6, 6.07) is 14.6. The SMILES string of the molecule is O=C(O)Cc1[c]c2ccccc2cc1. The van der Waals surface area contributed by atoms with Crippen molar-refractivity contribution in [2.75, 3.05) is 0 Å². The summed E-state index contributed by atoms with van der Waals surface area (Å²) in [6.45, 7) is 0. The molecule has 1 radical (unpaired) electrons. The van der Waals surface area contributed by atoms with Crippen LogP contribution < -0.4 is 0 Å². The fraction of sp³-hybridized carbons (Fsp3) is 0.0833. The second kappa shape index (κ2) is 3.50. The molecule has 14 heavy (non-hydrogen) atoms. The summed E-state index contributed by atoms with van der Waals surface area (Å²) in [5, 5.41) is 10.7. The Morgan fingerprint density at radius 1 is 1.21 bits per heavy atom. The molecule has 0 aliphatic carbocycles. The number of carbonyl (C=O) groups is 1. The highest BCUT2D eigenvalue weighted by Crippen LogP contribution is 2.14. The molecule has 2 nitrogen and oxygen atoms in total. The lowest BCUT2D eigenvalue weighted by Gasteiger charge is -1.99. The molecule has 0 heterocycles. The van der Waals surface area contributed by atoms with Gasteiger partial charge in [-0.15, -0.1) is 0 Å². The van der Waals surface area contributed by atoms with Crippen molar-refractivity contribution in [1.29, 1.82) is 0 Å². The minimum Gasteiger partial charge on any atom is -0.481 e. The molecule has 0 saturated heterocycles. The Hall–Kier alpha value is -1.83. The highest BCUT2D eigenvalue weighted by molar-refractivity contribution is 5.83. The van der Waals surface area contributed by atoms with E-state index in [0.717, 1.165) is 16.3 Å². The fourth-order valence-electron chi connectivity index (χ4n) is 1.43. The van der Waals surface area contributed by atoms with Gasteiger partial charge in [0.2, 0.25) is 0 Å². The summed E-state index contributed by atoms with van der Waals surface area (Å²) >= 11 is 0. The third-order valence-corrected chi connectivity index (χ3v) is 2.06. The van der Waals surface area contributed by atoms with Gasteiger partial charge in [0.15, 0.2) is 0 Å². The van der Waals surface area contributed by atoms with E-state index >= 15 is 0 Å². The van der Waals surface area contributed by atoms with E-state index in [4.69, 9.17) is 5.11 Å². The molecule has 0 atom stereocenters. The first-order valence-electron chi connectivity index (χ1n) is 4.37. The van der Waals surface area contributed by atoms with Crippen molar-refractivity contribution >= 4 is 16.7 Å². The van der Waals surface area contributed by atoms with Gasteiger partial charge in [-0.3, -0.25) is 4.79 Å². The number of hydrogen-bond donors (Lipinski definition) is 1. The number of hydrogen-bond acceptors (Lipinski definition) is 1. The van der Waals surface area contributed by atoms with E-state index in [1.165, 1.54) is 0 Å². The van der Waals surface area contributed by atoms with E-state index in [-0.39, 0.29) is 6.42 Å². The third kappa shape index (κ3) is 1.74. The predicted molar refractivity (Wildman–Crippen MR) is 54.1 cm³/mol. The molecule has 0 bridgehead atoms. The summed E-state index contributed by atoms with van der Waals surface area (Å²) < 4.78 is 0. The monoisotopic (exact) mass is 185 g/mol. The van der Waals surface area contributed by atoms with Crippen LogP contribution in [0, 0.1) is 6.07 Å². The van der Waals surface area contributed by atoms with Gasteiger partial charge in [-0.2, -0.15) is 0 Å². The van der Waals surface area contributed by atoms with E-state index < -0.39 is 5.97 Å². The molecule has 0 spiro atoms. The van der Waals surface area contributed by atoms with Crippen molar-refractivity contribution in [2.45, 2.75) is 6.42 Å². The van der Waals surface area contributed by atoms with Gasteiger partial charge in [0.05, 0.1) is 6.42 Å². The Balaban J connectivity index is 2.46. The number of carboxylic acids is 1. The topological polar surface area (TPSA) is 37.3 Å². The van der Waals surface area contributed by atoms with Gasteiger partial charge >= 0.3 is 5.97 Å². The quantitative estimate of drug-likeness (QED) is 0.779. The molecule has 2 heteroatoms. The van der Waals surface area contributed by atoms with E-state index in [0.29, 0.717) is 0 Å². The van der Waals surface area contributed by atoms with Crippen LogP contribution in [0.1, 0.15) is 5.56 Å². The number of benzene rings is 2. The number of fused-ring (bicyclic) bond motifs is 1. The van der Waals surface area contributed by atoms with Crippen LogP contribution in [0.15, 0.2) is 36.4 Å². The normalized spacial score (nSPS) is 10.3. The van der Waals surface area contributed by atoms with Gasteiger partial charge in [-0.1, -0.05) is 36.4 Å². The van der Waals surface area contributed by atoms with Crippen molar-refractivity contribution in [2.24, 2.45) is 0 Å². The van der Waals surface area contributed by atoms with E-state index in [9.17, 15) is 4.79 Å². The molecule has 2 rings (SSSR count). The first-order chi connectivity index (χ1) is 6.75. The second-order valence-corrected chi connectivity index (χ2v) is 3.14. The average molecular weight is 185 g/mol. The summed E-state index contributed by atoms with van der Waals surface area (Å²) in [4.78, 5) is 10.5. The lowest BCUT2D eigenvalue weighted by atomic mass is 10.1. The summed E-state index contributed by atoms with van der Waals surface area (Å²) in [5.41, 5.74) is 0.719. The molecule has 0 unspecified atom stereocenters. The molecule has 2 aromatic rings. The fourth-order valence-corrected chi connectivity index (χ4v) is 1.43. The Kier molecular flexibility index (Phi) is 2.19. The van der Waals surface area contributed by atoms with E-state index in [1.54, 1.807) is 6.07 Å². The minimum atomic E-state index is -0.823. The van der Waals surface area contributed by atoms with Gasteiger partial charge < -0.3 is 5.11 Å². The van der Waals surface area contributed by atoms with Crippen LogP contribution in [0.5, 0.6) is 0 Å². The van der Waals surface area contributed by atoms with E-state index in [2.05, 4.69) is 6.07 Å². The molecule has 0 amide bonds. The zero-order valence-corrected chi connectivity index (χ0v) is 7.53. The van der Waals surface area contributed by atoms with Crippen LogP contribution in [0.25, 0.3) is 10.8 Å². The van der Waals surface area contributed by atoms with Crippen LogP contribution in [0.2, 0.25) is 0 Å². The lowest BCUT2D eigenvalue weighted by molar-refractivity contribution is -0.136. The zero-order valence-electron chi connectivity index (χ0n) is 7.53. The zero-order chi connectivity index (χ0) is 9.97. The third-order valence-electron chi connectivity index (χ3n) is 2.06. The largest absolute Gasteiger partial charge is 0.481 e. The first-order valence-corrected chi connectivity index (χ1v) is 4.37. The maximum Gasteiger partial charge on any atom is 0.307 e. The van der Waals surface area contributed by atoms with Crippen molar-refractivity contribution in [3.8, 4) is 0 Å². The molecule has 1 N–H and O–H groups in total. The predicted octanol–water partition coefficient (Wildman–Crippen LogP) is 2.27. The van der Waals surface area contributed by atoms with Gasteiger partial charge in [0.25, 0.3) is 0 Å². The Bertz CT molecular complexity index is 474. The molecule has 0 aliphatic heterocycles. The summed E-state index contributed by atoms with van der Waals surface area (Å²) in [6.07, 6.45) is 0.0326. The van der Waals surface area contributed by atoms with Gasteiger partial charge in [-0.05, 0) is 22.4 Å². The lowest BCUT2D eigenvalue weighted by Crippen LogP contribution is -1.99. The van der Waals surface area contributed by atoms with Gasteiger partial charge in [0, 0.05) is 0 Å². The van der Waals surface area contributed by atoms with E-state index in [1.807, 2.05) is 30.3 Å². The number of carboxylic acid groups (broad SMARTS) is 1. The van der Waals surface area contributed by atoms with Gasteiger partial charge in [-0.25, -0.2) is 0 Å². The Morgan fingerprint density at radius 2 is 2.00 bits per heavy atom. The highest BCUT2D eigenvalue weighted by atomic mass is 16.4. The van der Waals surface area contributed by atoms with Crippen molar-refractivity contribution < 1.29 is 9.90 Å². The molecule has 0 aromatic heterocycles. The second-order valence-electron chi connectivity index (χ2n) is 3.14. The standard InChI is InChI=1S/C12H9O2/c13-12(14)8-9-5-6-10-3-1-2-4-11(10)7-9/h1-6H,8H2,(H,13,14). The van der Waals surface area contributed by atoms with Crippen molar-refractivity contribution in [1.82, 2.24) is 0 Å². The first kappa shape index (κ1) is 8.75. The Labute approximate surface area is 81.8 Å². The van der Waals surface area contributed by atoms with Crippen LogP contribution >= 0.6 is 0 Å². The van der Waals surface area contributed by atoms with Crippen LogP contribution in [0.4, 0.5) is 0 Å². The van der Waals surface area contributed by atoms with Crippen LogP contribution in [0.3, 0.4) is 0 Å².